The van der Waals surface area contributed by atoms with Crippen molar-refractivity contribution in [1.82, 2.24) is 0 Å². The van der Waals surface area contributed by atoms with E-state index in [2.05, 4.69) is 5.32 Å². The molecular weight excluding hydrogens is 304 g/mol. The van der Waals surface area contributed by atoms with Crippen molar-refractivity contribution >= 4 is 23.2 Å². The zero-order valence-corrected chi connectivity index (χ0v) is 13.8. The van der Waals surface area contributed by atoms with Crippen LogP contribution in [0.4, 0.5) is 11.4 Å². The number of para-hydroxylation sites is 1. The average molecular weight is 324 g/mol. The lowest BCUT2D eigenvalue weighted by molar-refractivity contribution is -0.120. The molecular formula is C19H20N2O3. The smallest absolute Gasteiger partial charge is 0.247 e. The lowest BCUT2D eigenvalue weighted by Crippen LogP contribution is -2.41. The highest BCUT2D eigenvalue weighted by atomic mass is 16.5. The number of benzene rings is 2. The predicted molar refractivity (Wildman–Crippen MR) is 93.3 cm³/mol. The van der Waals surface area contributed by atoms with Gasteiger partial charge in [0.25, 0.3) is 0 Å². The molecule has 0 radical (unpaired) electrons. The van der Waals surface area contributed by atoms with E-state index in [1.165, 1.54) is 0 Å². The van der Waals surface area contributed by atoms with Crippen molar-refractivity contribution in [2.75, 3.05) is 17.3 Å². The molecule has 1 saturated heterocycles. The molecule has 2 aromatic rings. The Bertz CT molecular complexity index is 758. The fourth-order valence-corrected chi connectivity index (χ4v) is 2.98. The maximum atomic E-state index is 12.8. The minimum Gasteiger partial charge on any atom is -0.495 e. The van der Waals surface area contributed by atoms with Gasteiger partial charge >= 0.3 is 0 Å². The van der Waals surface area contributed by atoms with Crippen molar-refractivity contribution in [2.45, 2.75) is 25.8 Å². The summed E-state index contributed by atoms with van der Waals surface area (Å²) in [5.74, 6) is 0.371. The van der Waals surface area contributed by atoms with E-state index in [9.17, 15) is 9.59 Å². The molecule has 0 spiro atoms. The monoisotopic (exact) mass is 324 g/mol. The van der Waals surface area contributed by atoms with Crippen LogP contribution in [0.1, 0.15) is 18.4 Å². The van der Waals surface area contributed by atoms with E-state index in [0.717, 1.165) is 11.3 Å². The van der Waals surface area contributed by atoms with Crippen LogP contribution in [0.2, 0.25) is 0 Å². The maximum absolute atomic E-state index is 12.8. The van der Waals surface area contributed by atoms with E-state index in [1.807, 2.05) is 55.5 Å². The van der Waals surface area contributed by atoms with Crippen molar-refractivity contribution in [3.8, 4) is 5.75 Å². The van der Waals surface area contributed by atoms with Crippen LogP contribution in [0.3, 0.4) is 0 Å². The quantitative estimate of drug-likeness (QED) is 0.940. The van der Waals surface area contributed by atoms with Crippen molar-refractivity contribution in [3.05, 3.63) is 54.1 Å². The van der Waals surface area contributed by atoms with Gasteiger partial charge in [-0.05, 0) is 43.2 Å². The molecule has 0 aromatic heterocycles. The first-order valence-electron chi connectivity index (χ1n) is 7.93. The van der Waals surface area contributed by atoms with Crippen LogP contribution in [-0.4, -0.2) is 25.0 Å². The summed E-state index contributed by atoms with van der Waals surface area (Å²) < 4.78 is 5.30. The third-order valence-electron chi connectivity index (χ3n) is 4.16. The molecule has 2 amide bonds. The van der Waals surface area contributed by atoms with Crippen LogP contribution in [0.5, 0.6) is 5.75 Å². The molecule has 3 rings (SSSR count). The molecule has 1 heterocycles. The number of ether oxygens (including phenoxy) is 1. The number of carbonyl (C=O) groups is 2. The van der Waals surface area contributed by atoms with Crippen LogP contribution in [-0.2, 0) is 9.59 Å². The van der Waals surface area contributed by atoms with Gasteiger partial charge in [0, 0.05) is 12.1 Å². The second kappa shape index (κ2) is 6.74. The first kappa shape index (κ1) is 16.1. The Balaban J connectivity index is 1.84. The normalized spacial score (nSPS) is 17.0. The predicted octanol–water partition coefficient (Wildman–Crippen LogP) is 3.14. The Morgan fingerprint density at radius 3 is 2.67 bits per heavy atom. The SMILES string of the molecule is COc1ccc(C)cc1NC(=O)C1CCC(=O)N1c1ccccc1. The molecule has 1 atom stereocenters. The van der Waals surface area contributed by atoms with E-state index in [1.54, 1.807) is 12.0 Å². The van der Waals surface area contributed by atoms with E-state index >= 15 is 0 Å². The zero-order valence-electron chi connectivity index (χ0n) is 13.8. The highest BCUT2D eigenvalue weighted by Crippen LogP contribution is 2.29. The third kappa shape index (κ3) is 3.11. The molecule has 2 aromatic carbocycles. The van der Waals surface area contributed by atoms with Crippen molar-refractivity contribution in [3.63, 3.8) is 0 Å². The van der Waals surface area contributed by atoms with Gasteiger partial charge in [-0.3, -0.25) is 14.5 Å². The molecule has 124 valence electrons. The Kier molecular flexibility index (Phi) is 4.51. The number of carbonyl (C=O) groups excluding carboxylic acids is 2. The fourth-order valence-electron chi connectivity index (χ4n) is 2.98. The summed E-state index contributed by atoms with van der Waals surface area (Å²) in [6, 6.07) is 14.4. The molecule has 24 heavy (non-hydrogen) atoms. The molecule has 0 aliphatic carbocycles. The summed E-state index contributed by atoms with van der Waals surface area (Å²) in [7, 11) is 1.57. The fraction of sp³-hybridized carbons (Fsp3) is 0.263. The number of hydrogen-bond acceptors (Lipinski definition) is 3. The molecule has 5 heteroatoms. The highest BCUT2D eigenvalue weighted by molar-refractivity contribution is 6.07. The van der Waals surface area contributed by atoms with Crippen LogP contribution in [0.15, 0.2) is 48.5 Å². The van der Waals surface area contributed by atoms with E-state index in [4.69, 9.17) is 4.74 Å². The van der Waals surface area contributed by atoms with Gasteiger partial charge in [-0.1, -0.05) is 24.3 Å². The number of rotatable bonds is 4. The summed E-state index contributed by atoms with van der Waals surface area (Å²) >= 11 is 0. The topological polar surface area (TPSA) is 58.6 Å². The van der Waals surface area contributed by atoms with Crippen LogP contribution in [0, 0.1) is 6.92 Å². The van der Waals surface area contributed by atoms with Gasteiger partial charge < -0.3 is 10.1 Å². The summed E-state index contributed by atoms with van der Waals surface area (Å²) in [5.41, 5.74) is 2.39. The number of hydrogen-bond donors (Lipinski definition) is 1. The van der Waals surface area contributed by atoms with Gasteiger partial charge in [0.1, 0.15) is 11.8 Å². The van der Waals surface area contributed by atoms with Crippen LogP contribution in [0.25, 0.3) is 0 Å². The second-order valence-electron chi connectivity index (χ2n) is 5.85. The second-order valence-corrected chi connectivity index (χ2v) is 5.85. The Labute approximate surface area is 141 Å². The molecule has 1 N–H and O–H groups in total. The molecule has 1 aliphatic rings. The van der Waals surface area contributed by atoms with Gasteiger partial charge in [0.05, 0.1) is 12.8 Å². The number of nitrogens with one attached hydrogen (secondary N) is 1. The molecule has 0 saturated carbocycles. The minimum absolute atomic E-state index is 0.0300. The summed E-state index contributed by atoms with van der Waals surface area (Å²) in [4.78, 5) is 26.6. The van der Waals surface area contributed by atoms with Crippen molar-refractivity contribution in [1.29, 1.82) is 0 Å². The number of amides is 2. The first-order chi connectivity index (χ1) is 11.6. The molecule has 1 unspecified atom stereocenters. The Hall–Kier alpha value is -2.82. The average Bonchev–Trinajstić information content (AvgIpc) is 2.97. The Morgan fingerprint density at radius 1 is 1.21 bits per heavy atom. The van der Waals surface area contributed by atoms with E-state index in [-0.39, 0.29) is 11.8 Å². The van der Waals surface area contributed by atoms with Crippen LogP contribution < -0.4 is 15.0 Å². The largest absolute Gasteiger partial charge is 0.495 e. The molecule has 1 aliphatic heterocycles. The summed E-state index contributed by atoms with van der Waals surface area (Å²) in [5, 5.41) is 2.91. The lowest BCUT2D eigenvalue weighted by atomic mass is 10.1. The van der Waals surface area contributed by atoms with Gasteiger partial charge in [-0.25, -0.2) is 0 Å². The molecule has 0 bridgehead atoms. The van der Waals surface area contributed by atoms with E-state index in [0.29, 0.717) is 24.3 Å². The number of anilines is 2. The van der Waals surface area contributed by atoms with Crippen molar-refractivity contribution < 1.29 is 14.3 Å². The summed E-state index contributed by atoms with van der Waals surface area (Å²) in [6.07, 6.45) is 0.881. The zero-order chi connectivity index (χ0) is 17.1. The van der Waals surface area contributed by atoms with Gasteiger partial charge in [-0.2, -0.15) is 0 Å². The molecule has 5 nitrogen and oxygen atoms in total. The van der Waals surface area contributed by atoms with Gasteiger partial charge in [0.15, 0.2) is 0 Å². The third-order valence-corrected chi connectivity index (χ3v) is 4.16. The lowest BCUT2D eigenvalue weighted by Gasteiger charge is -2.24. The number of nitrogens with zero attached hydrogens (tertiary/aromatic N) is 1. The van der Waals surface area contributed by atoms with Crippen molar-refractivity contribution in [2.24, 2.45) is 0 Å². The summed E-state index contributed by atoms with van der Waals surface area (Å²) in [6.45, 7) is 1.95. The standard InChI is InChI=1S/C19H20N2O3/c1-13-8-10-17(24-2)15(12-13)20-19(23)16-9-11-18(22)21(16)14-6-4-3-5-7-14/h3-8,10,12,16H,9,11H2,1-2H3,(H,20,23). The van der Waals surface area contributed by atoms with E-state index < -0.39 is 6.04 Å². The first-order valence-corrected chi connectivity index (χ1v) is 7.93. The van der Waals surface area contributed by atoms with Gasteiger partial charge in [-0.15, -0.1) is 0 Å². The minimum atomic E-state index is -0.509. The van der Waals surface area contributed by atoms with Gasteiger partial charge in [0.2, 0.25) is 11.8 Å². The maximum Gasteiger partial charge on any atom is 0.247 e. The number of aryl methyl sites for hydroxylation is 1. The number of methoxy groups -OCH3 is 1. The van der Waals surface area contributed by atoms with Crippen LogP contribution >= 0.6 is 0 Å². The highest BCUT2D eigenvalue weighted by Gasteiger charge is 2.37. The molecule has 1 fully saturated rings. The Morgan fingerprint density at radius 2 is 1.96 bits per heavy atom.